The summed E-state index contributed by atoms with van der Waals surface area (Å²) in [6, 6.07) is 14.6. The van der Waals surface area contributed by atoms with Crippen molar-refractivity contribution in [2.45, 2.75) is 38.5 Å². The average Bonchev–Trinajstić information content (AvgIpc) is 2.48. The van der Waals surface area contributed by atoms with Crippen molar-refractivity contribution in [2.24, 2.45) is 0 Å². The second-order valence-corrected chi connectivity index (χ2v) is 6.59. The maximum atomic E-state index is 12.1. The molecule has 1 nitrogen and oxygen atoms in total. The molecule has 0 spiro atoms. The van der Waals surface area contributed by atoms with Crippen LogP contribution in [-0.4, -0.2) is 5.12 Å². The summed E-state index contributed by atoms with van der Waals surface area (Å²) in [4.78, 5) is 13.2. The van der Waals surface area contributed by atoms with Gasteiger partial charge in [-0.15, -0.1) is 0 Å². The summed E-state index contributed by atoms with van der Waals surface area (Å²) in [6.07, 6.45) is 5.54. The summed E-state index contributed by atoms with van der Waals surface area (Å²) in [5.74, 6) is 0. The first-order valence-corrected chi connectivity index (χ1v) is 8.38. The van der Waals surface area contributed by atoms with Gasteiger partial charge in [0.05, 0.1) is 0 Å². The third-order valence-corrected chi connectivity index (χ3v) is 4.69. The summed E-state index contributed by atoms with van der Waals surface area (Å²) in [5, 5.41) is 0.100. The normalized spacial score (nSPS) is 11.0. The van der Waals surface area contributed by atoms with E-state index in [1.165, 1.54) is 34.0 Å². The smallest absolute Gasteiger partial charge is 0.216 e. The van der Waals surface area contributed by atoms with E-state index in [2.05, 4.69) is 45.0 Å². The molecule has 0 amide bonds. The average molecular weight is 310 g/mol. The van der Waals surface area contributed by atoms with E-state index < -0.39 is 0 Å². The van der Waals surface area contributed by atoms with Crippen LogP contribution in [0.3, 0.4) is 0 Å². The first-order chi connectivity index (χ1) is 10.6. The summed E-state index contributed by atoms with van der Waals surface area (Å²) >= 11 is 1.33. The predicted octanol–water partition coefficient (Wildman–Crippen LogP) is 5.42. The molecule has 0 saturated carbocycles. The van der Waals surface area contributed by atoms with Gasteiger partial charge in [0, 0.05) is 4.90 Å². The number of hydrogen-bond acceptors (Lipinski definition) is 2. The van der Waals surface area contributed by atoms with Gasteiger partial charge in [-0.05, 0) is 68.1 Å². The van der Waals surface area contributed by atoms with Crippen molar-refractivity contribution >= 4 is 16.9 Å². The Bertz CT molecular complexity index is 648. The van der Waals surface area contributed by atoms with Crippen LogP contribution in [0.2, 0.25) is 0 Å². The first kappa shape index (κ1) is 16.6. The molecule has 0 aliphatic rings. The first-order valence-electron chi connectivity index (χ1n) is 7.56. The quantitative estimate of drug-likeness (QED) is 0.542. The Morgan fingerprint density at radius 2 is 1.68 bits per heavy atom. The number of hydrogen-bond donors (Lipinski definition) is 0. The molecule has 0 fully saturated rings. The molecule has 0 radical (unpaired) electrons. The Labute approximate surface area is 137 Å². The summed E-state index contributed by atoms with van der Waals surface area (Å²) in [5.41, 5.74) is 4.89. The minimum absolute atomic E-state index is 0.100. The van der Waals surface area contributed by atoms with E-state index in [0.29, 0.717) is 0 Å². The Balaban J connectivity index is 1.89. The van der Waals surface area contributed by atoms with E-state index in [4.69, 9.17) is 0 Å². The van der Waals surface area contributed by atoms with E-state index >= 15 is 0 Å². The lowest BCUT2D eigenvalue weighted by Crippen LogP contribution is -1.92. The van der Waals surface area contributed by atoms with Crippen LogP contribution in [0.5, 0.6) is 0 Å². The van der Waals surface area contributed by atoms with Crippen LogP contribution in [-0.2, 0) is 11.2 Å². The van der Waals surface area contributed by atoms with Crippen LogP contribution in [0.15, 0.2) is 59.5 Å². The zero-order valence-electron chi connectivity index (χ0n) is 13.4. The van der Waals surface area contributed by atoms with Crippen molar-refractivity contribution < 1.29 is 4.79 Å². The van der Waals surface area contributed by atoms with Gasteiger partial charge in [-0.1, -0.05) is 54.1 Å². The van der Waals surface area contributed by atoms with Gasteiger partial charge in [0.2, 0.25) is 5.12 Å². The van der Waals surface area contributed by atoms with Crippen molar-refractivity contribution in [2.75, 3.05) is 0 Å². The molecule has 2 aromatic carbocycles. The Hall–Kier alpha value is -1.80. The third-order valence-electron chi connectivity index (χ3n) is 3.50. The highest BCUT2D eigenvalue weighted by molar-refractivity contribution is 8.14. The zero-order valence-corrected chi connectivity index (χ0v) is 14.2. The van der Waals surface area contributed by atoms with Gasteiger partial charge in [-0.25, -0.2) is 0 Å². The zero-order chi connectivity index (χ0) is 15.9. The predicted molar refractivity (Wildman–Crippen MR) is 95.4 cm³/mol. The Kier molecular flexibility index (Phi) is 6.02. The van der Waals surface area contributed by atoms with Crippen LogP contribution in [0.25, 0.3) is 0 Å². The molecule has 0 aromatic heterocycles. The second kappa shape index (κ2) is 8.00. The topological polar surface area (TPSA) is 17.1 Å². The molecule has 0 N–H and O–H groups in total. The van der Waals surface area contributed by atoms with Gasteiger partial charge in [0.25, 0.3) is 0 Å². The second-order valence-electron chi connectivity index (χ2n) is 5.58. The monoisotopic (exact) mass is 310 g/mol. The highest BCUT2D eigenvalue weighted by Crippen LogP contribution is 2.28. The molecule has 0 aliphatic carbocycles. The molecule has 0 atom stereocenters. The number of carbonyl (C=O) groups is 1. The standard InChI is InChI=1S/C20H22OS/c1-15-13-16(2)20(17(3)14-15)22-19(21)12-8-7-11-18-9-5-4-6-10-18/h4-6,8-10,12-14H,7,11H2,1-3H3/b12-8+. The lowest BCUT2D eigenvalue weighted by molar-refractivity contribution is -0.107. The van der Waals surface area contributed by atoms with E-state index in [0.717, 1.165) is 17.7 Å². The lowest BCUT2D eigenvalue weighted by Gasteiger charge is -2.08. The van der Waals surface area contributed by atoms with Crippen molar-refractivity contribution in [3.05, 3.63) is 76.9 Å². The molecule has 22 heavy (non-hydrogen) atoms. The largest absolute Gasteiger partial charge is 0.282 e. The van der Waals surface area contributed by atoms with E-state index in [9.17, 15) is 4.79 Å². The molecule has 0 unspecified atom stereocenters. The highest BCUT2D eigenvalue weighted by Gasteiger charge is 2.08. The van der Waals surface area contributed by atoms with Gasteiger partial charge in [0.1, 0.15) is 0 Å². The van der Waals surface area contributed by atoms with E-state index in [1.54, 1.807) is 6.08 Å². The molecule has 2 aromatic rings. The summed E-state index contributed by atoms with van der Waals surface area (Å²) in [7, 11) is 0. The van der Waals surface area contributed by atoms with Crippen LogP contribution < -0.4 is 0 Å². The molecule has 0 saturated heterocycles. The summed E-state index contributed by atoms with van der Waals surface area (Å²) in [6.45, 7) is 6.21. The van der Waals surface area contributed by atoms with E-state index in [1.807, 2.05) is 24.3 Å². The van der Waals surface area contributed by atoms with Gasteiger partial charge in [-0.2, -0.15) is 0 Å². The van der Waals surface area contributed by atoms with Gasteiger partial charge in [0.15, 0.2) is 0 Å². The van der Waals surface area contributed by atoms with Crippen molar-refractivity contribution in [1.29, 1.82) is 0 Å². The van der Waals surface area contributed by atoms with Crippen LogP contribution in [0, 0.1) is 20.8 Å². The Morgan fingerprint density at radius 3 is 2.32 bits per heavy atom. The number of aryl methyl sites for hydroxylation is 4. The minimum Gasteiger partial charge on any atom is -0.282 e. The maximum absolute atomic E-state index is 12.1. The molecule has 0 aliphatic heterocycles. The fraction of sp³-hybridized carbons (Fsp3) is 0.250. The van der Waals surface area contributed by atoms with Crippen LogP contribution in [0.1, 0.15) is 28.7 Å². The highest BCUT2D eigenvalue weighted by atomic mass is 32.2. The summed E-state index contributed by atoms with van der Waals surface area (Å²) < 4.78 is 0. The van der Waals surface area contributed by atoms with Gasteiger partial charge >= 0.3 is 0 Å². The lowest BCUT2D eigenvalue weighted by atomic mass is 10.1. The van der Waals surface area contributed by atoms with Crippen molar-refractivity contribution in [3.8, 4) is 0 Å². The molecule has 2 rings (SSSR count). The number of benzene rings is 2. The number of allylic oxidation sites excluding steroid dienone is 1. The van der Waals surface area contributed by atoms with Crippen LogP contribution >= 0.6 is 11.8 Å². The Morgan fingerprint density at radius 1 is 1.05 bits per heavy atom. The van der Waals surface area contributed by atoms with E-state index in [-0.39, 0.29) is 5.12 Å². The number of rotatable bonds is 5. The molecular formula is C20H22OS. The molecule has 0 heterocycles. The van der Waals surface area contributed by atoms with Crippen molar-refractivity contribution in [1.82, 2.24) is 0 Å². The van der Waals surface area contributed by atoms with Crippen molar-refractivity contribution in [3.63, 3.8) is 0 Å². The molecular weight excluding hydrogens is 288 g/mol. The number of thioether (sulfide) groups is 1. The third kappa shape index (κ3) is 4.88. The van der Waals surface area contributed by atoms with Crippen LogP contribution in [0.4, 0.5) is 0 Å². The van der Waals surface area contributed by atoms with Gasteiger partial charge < -0.3 is 0 Å². The van der Waals surface area contributed by atoms with Gasteiger partial charge in [-0.3, -0.25) is 4.79 Å². The number of carbonyl (C=O) groups excluding carboxylic acids is 1. The minimum atomic E-state index is 0.100. The fourth-order valence-corrected chi connectivity index (χ4v) is 3.34. The molecule has 114 valence electrons. The molecule has 0 bridgehead atoms. The maximum Gasteiger partial charge on any atom is 0.216 e. The molecule has 2 heteroatoms. The fourth-order valence-electron chi connectivity index (χ4n) is 2.54. The SMILES string of the molecule is Cc1cc(C)c(SC(=O)/C=C/CCc2ccccc2)c(C)c1.